The molecule has 0 saturated heterocycles. The van der Waals surface area contributed by atoms with Crippen molar-refractivity contribution in [3.05, 3.63) is 26.9 Å². The molecule has 30 heavy (non-hydrogen) atoms. The van der Waals surface area contributed by atoms with Crippen molar-refractivity contribution in [3.63, 3.8) is 0 Å². The second-order valence-corrected chi connectivity index (χ2v) is 9.22. The molecule has 2 aromatic rings. The van der Waals surface area contributed by atoms with Gasteiger partial charge in [0.05, 0.1) is 18.9 Å². The Labute approximate surface area is 189 Å². The molecule has 0 radical (unpaired) electrons. The SMILES string of the molecule is CC(=O)N[C@@H](C)COC1CCC(Oc2ncnc(OCc3ncc(Cl)s3)c2Cl)CC1. The number of amides is 1. The first-order chi connectivity index (χ1) is 14.4. The standard InChI is InChI=1S/C19H24Cl2N4O4S/c1-11(25-12(2)26)8-27-13-3-5-14(6-4-13)29-19-17(21)18(23-10-24-19)28-9-16-22-7-15(20)30-16/h7,10-11,13-14H,3-6,8-9H2,1-2H3,(H,25,26)/t11-,13?,14?/m0/s1. The Bertz CT molecular complexity index is 846. The lowest BCUT2D eigenvalue weighted by atomic mass is 9.95. The van der Waals surface area contributed by atoms with Gasteiger partial charge in [-0.3, -0.25) is 4.79 Å². The quantitative estimate of drug-likeness (QED) is 0.585. The molecule has 11 heteroatoms. The molecule has 0 aromatic carbocycles. The van der Waals surface area contributed by atoms with E-state index in [4.69, 9.17) is 37.4 Å². The van der Waals surface area contributed by atoms with Gasteiger partial charge >= 0.3 is 0 Å². The Balaban J connectivity index is 1.46. The fourth-order valence-corrected chi connectivity index (χ4v) is 4.22. The Morgan fingerprint density at radius 3 is 2.57 bits per heavy atom. The van der Waals surface area contributed by atoms with E-state index in [0.29, 0.717) is 16.8 Å². The number of nitrogens with zero attached hydrogens (tertiary/aromatic N) is 3. The summed E-state index contributed by atoms with van der Waals surface area (Å²) in [5.74, 6) is 0.503. The van der Waals surface area contributed by atoms with Gasteiger partial charge in [-0.25, -0.2) is 15.0 Å². The summed E-state index contributed by atoms with van der Waals surface area (Å²) in [5, 5.41) is 3.78. The maximum absolute atomic E-state index is 11.1. The average Bonchev–Trinajstić information content (AvgIpc) is 3.13. The van der Waals surface area contributed by atoms with Crippen molar-refractivity contribution in [1.29, 1.82) is 0 Å². The van der Waals surface area contributed by atoms with E-state index in [2.05, 4.69) is 20.3 Å². The number of hydrogen-bond donors (Lipinski definition) is 1. The number of ether oxygens (including phenoxy) is 3. The maximum atomic E-state index is 11.1. The van der Waals surface area contributed by atoms with E-state index in [1.165, 1.54) is 24.6 Å². The van der Waals surface area contributed by atoms with Crippen LogP contribution >= 0.6 is 34.5 Å². The number of carbonyl (C=O) groups excluding carboxylic acids is 1. The molecule has 1 aliphatic rings. The van der Waals surface area contributed by atoms with E-state index in [0.717, 1.165) is 30.7 Å². The number of halogens is 2. The minimum atomic E-state index is -0.0521. The molecular weight excluding hydrogens is 451 g/mol. The smallest absolute Gasteiger partial charge is 0.240 e. The van der Waals surface area contributed by atoms with Gasteiger partial charge in [-0.15, -0.1) is 11.3 Å². The van der Waals surface area contributed by atoms with Crippen molar-refractivity contribution in [3.8, 4) is 11.8 Å². The predicted molar refractivity (Wildman–Crippen MR) is 114 cm³/mol. The summed E-state index contributed by atoms with van der Waals surface area (Å²) in [4.78, 5) is 23.4. The van der Waals surface area contributed by atoms with Gasteiger partial charge < -0.3 is 19.5 Å². The average molecular weight is 475 g/mol. The number of aromatic nitrogens is 3. The summed E-state index contributed by atoms with van der Waals surface area (Å²) in [7, 11) is 0. The van der Waals surface area contributed by atoms with Crippen LogP contribution in [0.25, 0.3) is 0 Å². The molecule has 0 aliphatic heterocycles. The summed E-state index contributed by atoms with van der Waals surface area (Å²) in [5.41, 5.74) is 0. The minimum absolute atomic E-state index is 0.00404. The molecule has 2 aromatic heterocycles. The van der Waals surface area contributed by atoms with Crippen LogP contribution in [0, 0.1) is 0 Å². The van der Waals surface area contributed by atoms with Gasteiger partial charge in [-0.2, -0.15) is 0 Å². The van der Waals surface area contributed by atoms with Crippen LogP contribution in [0.5, 0.6) is 11.8 Å². The Morgan fingerprint density at radius 1 is 1.20 bits per heavy atom. The highest BCUT2D eigenvalue weighted by Gasteiger charge is 2.25. The zero-order valence-corrected chi connectivity index (χ0v) is 19.1. The first-order valence-electron chi connectivity index (χ1n) is 9.69. The molecular formula is C19H24Cl2N4O4S. The molecule has 8 nitrogen and oxygen atoms in total. The van der Waals surface area contributed by atoms with E-state index in [1.54, 1.807) is 6.20 Å². The molecule has 1 atom stereocenters. The lowest BCUT2D eigenvalue weighted by Crippen LogP contribution is -2.36. The predicted octanol–water partition coefficient (Wildman–Crippen LogP) is 4.05. The maximum Gasteiger partial charge on any atom is 0.240 e. The molecule has 1 N–H and O–H groups in total. The molecule has 2 heterocycles. The molecule has 164 valence electrons. The van der Waals surface area contributed by atoms with Crippen LogP contribution in [0.1, 0.15) is 44.5 Å². The molecule has 0 unspecified atom stereocenters. The van der Waals surface area contributed by atoms with E-state index < -0.39 is 0 Å². The van der Waals surface area contributed by atoms with E-state index in [1.807, 2.05) is 6.92 Å². The van der Waals surface area contributed by atoms with Gasteiger partial charge in [-0.1, -0.05) is 23.2 Å². The minimum Gasteiger partial charge on any atom is -0.473 e. The van der Waals surface area contributed by atoms with Gasteiger partial charge in [0.2, 0.25) is 17.7 Å². The van der Waals surface area contributed by atoms with Crippen molar-refractivity contribution >= 4 is 40.4 Å². The highest BCUT2D eigenvalue weighted by atomic mass is 35.5. The summed E-state index contributed by atoms with van der Waals surface area (Å²) in [6.07, 6.45) is 6.48. The van der Waals surface area contributed by atoms with E-state index in [-0.39, 0.29) is 41.7 Å². The third kappa shape index (κ3) is 6.94. The van der Waals surface area contributed by atoms with Gasteiger partial charge in [0.25, 0.3) is 0 Å². The number of thiazole rings is 1. The Hall–Kier alpha value is -1.68. The summed E-state index contributed by atoms with van der Waals surface area (Å²) >= 11 is 13.6. The molecule has 1 saturated carbocycles. The molecule has 0 spiro atoms. The molecule has 3 rings (SSSR count). The summed E-state index contributed by atoms with van der Waals surface area (Å²) in [6.45, 7) is 4.14. The zero-order valence-electron chi connectivity index (χ0n) is 16.8. The molecule has 1 fully saturated rings. The van der Waals surface area contributed by atoms with Crippen molar-refractivity contribution in [2.24, 2.45) is 0 Å². The number of rotatable bonds is 9. The van der Waals surface area contributed by atoms with Crippen LogP contribution in [0.15, 0.2) is 12.5 Å². The summed E-state index contributed by atoms with van der Waals surface area (Å²) < 4.78 is 18.1. The van der Waals surface area contributed by atoms with Crippen LogP contribution in [-0.2, 0) is 16.1 Å². The monoisotopic (exact) mass is 474 g/mol. The van der Waals surface area contributed by atoms with Gasteiger partial charge in [0, 0.05) is 13.0 Å². The fraction of sp³-hybridized carbons (Fsp3) is 0.579. The lowest BCUT2D eigenvalue weighted by Gasteiger charge is -2.29. The van der Waals surface area contributed by atoms with Crippen LogP contribution in [0.4, 0.5) is 0 Å². The molecule has 0 bridgehead atoms. The fourth-order valence-electron chi connectivity index (χ4n) is 3.15. The molecule has 1 aliphatic carbocycles. The van der Waals surface area contributed by atoms with Crippen LogP contribution in [0.3, 0.4) is 0 Å². The van der Waals surface area contributed by atoms with Crippen molar-refractivity contribution in [2.45, 2.75) is 64.4 Å². The second kappa shape index (κ2) is 11.1. The van der Waals surface area contributed by atoms with Gasteiger partial charge in [0.1, 0.15) is 28.4 Å². The first kappa shape index (κ1) is 23.0. The highest BCUT2D eigenvalue weighted by molar-refractivity contribution is 7.15. The normalized spacial score (nSPS) is 19.9. The second-order valence-electron chi connectivity index (χ2n) is 7.10. The van der Waals surface area contributed by atoms with E-state index >= 15 is 0 Å². The van der Waals surface area contributed by atoms with Crippen LogP contribution in [0.2, 0.25) is 9.36 Å². The molecule has 1 amide bonds. The third-order valence-electron chi connectivity index (χ3n) is 4.51. The van der Waals surface area contributed by atoms with Crippen LogP contribution in [-0.4, -0.2) is 45.7 Å². The summed E-state index contributed by atoms with van der Waals surface area (Å²) in [6, 6.07) is -0.00452. The zero-order chi connectivity index (χ0) is 21.5. The number of nitrogens with one attached hydrogen (secondary N) is 1. The van der Waals surface area contributed by atoms with Gasteiger partial charge in [-0.05, 0) is 32.6 Å². The van der Waals surface area contributed by atoms with Crippen molar-refractivity contribution in [2.75, 3.05) is 6.61 Å². The number of carbonyl (C=O) groups is 1. The third-order valence-corrected chi connectivity index (χ3v) is 5.93. The largest absolute Gasteiger partial charge is 0.473 e. The Morgan fingerprint density at radius 2 is 1.90 bits per heavy atom. The first-order valence-corrected chi connectivity index (χ1v) is 11.3. The van der Waals surface area contributed by atoms with Crippen molar-refractivity contribution < 1.29 is 19.0 Å². The van der Waals surface area contributed by atoms with Crippen LogP contribution < -0.4 is 14.8 Å². The van der Waals surface area contributed by atoms with E-state index in [9.17, 15) is 4.79 Å². The lowest BCUT2D eigenvalue weighted by molar-refractivity contribution is -0.120. The Kier molecular flexibility index (Phi) is 8.50. The highest BCUT2D eigenvalue weighted by Crippen LogP contribution is 2.33. The number of hydrogen-bond acceptors (Lipinski definition) is 8. The van der Waals surface area contributed by atoms with Crippen molar-refractivity contribution in [1.82, 2.24) is 20.3 Å². The topological polar surface area (TPSA) is 95.5 Å². The van der Waals surface area contributed by atoms with Gasteiger partial charge in [0.15, 0.2) is 5.02 Å².